The highest BCUT2D eigenvalue weighted by Gasteiger charge is 2.68. The predicted octanol–water partition coefficient (Wildman–Crippen LogP) is 7.14. The van der Waals surface area contributed by atoms with Crippen molar-refractivity contribution in [1.82, 2.24) is 0 Å². The Kier molecular flexibility index (Phi) is 6.24. The summed E-state index contributed by atoms with van der Waals surface area (Å²) in [6, 6.07) is 0. The molecule has 29 heavy (non-hydrogen) atoms. The van der Waals surface area contributed by atoms with E-state index in [1.54, 1.807) is 5.57 Å². The summed E-state index contributed by atoms with van der Waals surface area (Å²) in [7, 11) is 0. The molecule has 0 aromatic heterocycles. The van der Waals surface area contributed by atoms with Gasteiger partial charge in [0.25, 0.3) is 0 Å². The fourth-order valence-corrected chi connectivity index (χ4v) is 5.94. The van der Waals surface area contributed by atoms with Gasteiger partial charge in [-0.05, 0) is 54.8 Å². The van der Waals surface area contributed by atoms with Crippen LogP contribution in [0.2, 0.25) is 0 Å². The van der Waals surface area contributed by atoms with E-state index < -0.39 is 0 Å². The average Bonchev–Trinajstić information content (AvgIpc) is 3.20. The van der Waals surface area contributed by atoms with Crippen molar-refractivity contribution in [3.63, 3.8) is 0 Å². The van der Waals surface area contributed by atoms with Crippen LogP contribution in [0, 0.1) is 39.6 Å². The summed E-state index contributed by atoms with van der Waals surface area (Å²) < 4.78 is 12.8. The highest BCUT2D eigenvalue weighted by Crippen LogP contribution is 2.67. The van der Waals surface area contributed by atoms with Crippen LogP contribution in [0.1, 0.15) is 100 Å². The van der Waals surface area contributed by atoms with Gasteiger partial charge in [0.1, 0.15) is 18.3 Å². The maximum absolute atomic E-state index is 6.54. The first kappa shape index (κ1) is 22.7. The standard InChI is InChI=1S/C27H44O2/c1-24(2,3)19-29-23-22(21-14-16-27(23,8)26(21,6)7)28-17-11-15-25(4,5)18-20-12-9-10-13-20/h12,21-23H,9-10,13-16,18-19H2,1-8H3/t21-,22-,23-,27+/m1/s1. The molecule has 0 heterocycles. The van der Waals surface area contributed by atoms with Gasteiger partial charge in [0.05, 0.1) is 6.61 Å². The Hall–Kier alpha value is -0.940. The lowest BCUT2D eigenvalue weighted by atomic mass is 9.70. The van der Waals surface area contributed by atoms with Crippen LogP contribution in [0.15, 0.2) is 11.6 Å². The van der Waals surface area contributed by atoms with Crippen LogP contribution in [0.3, 0.4) is 0 Å². The molecular weight excluding hydrogens is 356 g/mol. The Morgan fingerprint density at radius 1 is 1.14 bits per heavy atom. The van der Waals surface area contributed by atoms with Crippen LogP contribution in [-0.4, -0.2) is 18.8 Å². The topological polar surface area (TPSA) is 18.5 Å². The van der Waals surface area contributed by atoms with E-state index in [1.165, 1.54) is 32.1 Å². The zero-order valence-electron chi connectivity index (χ0n) is 20.3. The molecular formula is C27H44O2. The van der Waals surface area contributed by atoms with Crippen LogP contribution in [-0.2, 0) is 9.47 Å². The lowest BCUT2D eigenvalue weighted by molar-refractivity contribution is -0.113. The molecule has 0 amide bonds. The van der Waals surface area contributed by atoms with Crippen molar-refractivity contribution in [3.8, 4) is 12.0 Å². The first-order chi connectivity index (χ1) is 13.4. The van der Waals surface area contributed by atoms with Crippen molar-refractivity contribution < 1.29 is 9.47 Å². The summed E-state index contributed by atoms with van der Waals surface area (Å²) in [5, 5.41) is 0. The molecule has 2 fully saturated rings. The summed E-state index contributed by atoms with van der Waals surface area (Å²) in [6.45, 7) is 19.4. The van der Waals surface area contributed by atoms with Crippen LogP contribution < -0.4 is 0 Å². The molecule has 0 saturated heterocycles. The molecule has 2 nitrogen and oxygen atoms in total. The van der Waals surface area contributed by atoms with Gasteiger partial charge < -0.3 is 9.47 Å². The second-order valence-corrected chi connectivity index (χ2v) is 12.7. The SMILES string of the molecule is CC(C)(C)CO[C@@H]1[C@H](OC#CCC(C)(C)CC2=CCCC2)[C@H]2CC[C@]1(C)C2(C)C. The summed E-state index contributed by atoms with van der Waals surface area (Å²) >= 11 is 0. The Bertz CT molecular complexity index is 682. The second kappa shape index (κ2) is 7.96. The van der Waals surface area contributed by atoms with E-state index in [-0.39, 0.29) is 33.9 Å². The Labute approximate surface area is 180 Å². The van der Waals surface area contributed by atoms with E-state index in [2.05, 4.69) is 73.5 Å². The quantitative estimate of drug-likeness (QED) is 0.348. The van der Waals surface area contributed by atoms with Crippen molar-refractivity contribution in [2.75, 3.05) is 6.61 Å². The molecule has 0 aromatic rings. The lowest BCUT2D eigenvalue weighted by Crippen LogP contribution is -2.43. The maximum atomic E-state index is 6.54. The highest BCUT2D eigenvalue weighted by molar-refractivity contribution is 5.17. The van der Waals surface area contributed by atoms with Gasteiger partial charge in [-0.25, -0.2) is 0 Å². The molecule has 3 aliphatic carbocycles. The minimum absolute atomic E-state index is 0.0965. The van der Waals surface area contributed by atoms with Gasteiger partial charge in [-0.1, -0.05) is 73.0 Å². The Morgan fingerprint density at radius 3 is 2.48 bits per heavy atom. The number of allylic oxidation sites excluding steroid dienone is 2. The minimum atomic E-state index is 0.0965. The summed E-state index contributed by atoms with van der Waals surface area (Å²) in [6.07, 6.45) is 14.2. The zero-order chi connectivity index (χ0) is 21.5. The van der Waals surface area contributed by atoms with Gasteiger partial charge in [0.2, 0.25) is 0 Å². The van der Waals surface area contributed by atoms with Crippen LogP contribution >= 0.6 is 0 Å². The van der Waals surface area contributed by atoms with Gasteiger partial charge in [0, 0.05) is 17.8 Å². The Morgan fingerprint density at radius 2 is 1.86 bits per heavy atom. The molecule has 2 bridgehead atoms. The van der Waals surface area contributed by atoms with Crippen LogP contribution in [0.4, 0.5) is 0 Å². The van der Waals surface area contributed by atoms with E-state index in [1.807, 2.05) is 0 Å². The van der Waals surface area contributed by atoms with Gasteiger partial charge in [-0.15, -0.1) is 0 Å². The van der Waals surface area contributed by atoms with Crippen molar-refractivity contribution in [1.29, 1.82) is 0 Å². The third-order valence-corrected chi connectivity index (χ3v) is 8.07. The first-order valence-electron chi connectivity index (χ1n) is 11.8. The number of ether oxygens (including phenoxy) is 2. The van der Waals surface area contributed by atoms with E-state index in [0.717, 1.165) is 19.4 Å². The fraction of sp³-hybridized carbons (Fsp3) is 0.852. The van der Waals surface area contributed by atoms with E-state index in [9.17, 15) is 0 Å². The molecule has 4 atom stereocenters. The number of fused-ring (bicyclic) bond motifs is 2. The molecule has 0 radical (unpaired) electrons. The summed E-state index contributed by atoms with van der Waals surface area (Å²) in [5.41, 5.74) is 2.40. The Balaban J connectivity index is 1.65. The third kappa shape index (κ3) is 4.71. The molecule has 0 aliphatic heterocycles. The normalized spacial score (nSPS) is 33.4. The molecule has 0 spiro atoms. The van der Waals surface area contributed by atoms with Crippen molar-refractivity contribution in [3.05, 3.63) is 11.6 Å². The number of rotatable bonds is 6. The van der Waals surface area contributed by atoms with Crippen LogP contribution in [0.25, 0.3) is 0 Å². The third-order valence-electron chi connectivity index (χ3n) is 8.07. The zero-order valence-corrected chi connectivity index (χ0v) is 20.3. The summed E-state index contributed by atoms with van der Waals surface area (Å²) in [4.78, 5) is 0. The molecule has 2 saturated carbocycles. The van der Waals surface area contributed by atoms with E-state index in [4.69, 9.17) is 9.47 Å². The van der Waals surface area contributed by atoms with E-state index in [0.29, 0.717) is 5.92 Å². The molecule has 2 heteroatoms. The molecule has 3 aliphatic rings. The maximum Gasteiger partial charge on any atom is 0.140 e. The molecule has 0 unspecified atom stereocenters. The summed E-state index contributed by atoms with van der Waals surface area (Å²) in [5.74, 6) is 3.89. The van der Waals surface area contributed by atoms with Crippen molar-refractivity contribution >= 4 is 0 Å². The molecule has 3 rings (SSSR count). The van der Waals surface area contributed by atoms with Crippen LogP contribution in [0.5, 0.6) is 0 Å². The molecule has 0 N–H and O–H groups in total. The first-order valence-corrected chi connectivity index (χ1v) is 11.8. The highest BCUT2D eigenvalue weighted by atomic mass is 16.5. The molecule has 164 valence electrons. The predicted molar refractivity (Wildman–Crippen MR) is 121 cm³/mol. The lowest BCUT2D eigenvalue weighted by Gasteiger charge is -2.40. The molecule has 0 aromatic carbocycles. The van der Waals surface area contributed by atoms with Gasteiger partial charge >= 0.3 is 0 Å². The van der Waals surface area contributed by atoms with Crippen molar-refractivity contribution in [2.24, 2.45) is 27.6 Å². The fourth-order valence-electron chi connectivity index (χ4n) is 5.94. The average molecular weight is 401 g/mol. The minimum Gasteiger partial charge on any atom is -0.440 e. The van der Waals surface area contributed by atoms with E-state index >= 15 is 0 Å². The monoisotopic (exact) mass is 400 g/mol. The van der Waals surface area contributed by atoms with Gasteiger partial charge in [-0.3, -0.25) is 0 Å². The smallest absolute Gasteiger partial charge is 0.140 e. The second-order valence-electron chi connectivity index (χ2n) is 12.7. The largest absolute Gasteiger partial charge is 0.440 e. The van der Waals surface area contributed by atoms with Crippen molar-refractivity contribution in [2.45, 2.75) is 113 Å². The van der Waals surface area contributed by atoms with Gasteiger partial charge in [-0.2, -0.15) is 0 Å². The number of hydrogen-bond acceptors (Lipinski definition) is 2. The van der Waals surface area contributed by atoms with Gasteiger partial charge in [0.15, 0.2) is 0 Å². The number of hydrogen-bond donors (Lipinski definition) is 0.